The van der Waals surface area contributed by atoms with Crippen molar-refractivity contribution < 1.29 is 4.79 Å². The van der Waals surface area contributed by atoms with Gasteiger partial charge in [0.1, 0.15) is 0 Å². The summed E-state index contributed by atoms with van der Waals surface area (Å²) < 4.78 is 0. The van der Waals surface area contributed by atoms with E-state index in [0.717, 1.165) is 19.6 Å². The molecule has 0 aromatic heterocycles. The number of carbonyl (C=O) groups is 1. The molecule has 1 heterocycles. The predicted molar refractivity (Wildman–Crippen MR) is 67.4 cm³/mol. The largest absolute Gasteiger partial charge is 0.341 e. The second-order valence-electron chi connectivity index (χ2n) is 5.18. The number of nitrogens with one attached hydrogen (secondary N) is 1. The predicted octanol–water partition coefficient (Wildman–Crippen LogP) is 2.02. The lowest BCUT2D eigenvalue weighted by molar-refractivity contribution is -0.132. The SMILES string of the molecule is CCN(CC1CCCCN1)C(=O)CC(C)C. The molecule has 3 nitrogen and oxygen atoms in total. The molecule has 0 bridgehead atoms. The van der Waals surface area contributed by atoms with Gasteiger partial charge in [-0.15, -0.1) is 0 Å². The Morgan fingerprint density at radius 3 is 2.69 bits per heavy atom. The van der Waals surface area contributed by atoms with Crippen LogP contribution < -0.4 is 5.32 Å². The highest BCUT2D eigenvalue weighted by molar-refractivity contribution is 5.76. The number of carbonyl (C=O) groups excluding carboxylic acids is 1. The molecule has 0 radical (unpaired) electrons. The van der Waals surface area contributed by atoms with Gasteiger partial charge in [0.25, 0.3) is 0 Å². The number of nitrogens with zero attached hydrogens (tertiary/aromatic N) is 1. The zero-order chi connectivity index (χ0) is 12.0. The molecule has 1 saturated heterocycles. The third kappa shape index (κ3) is 4.52. The van der Waals surface area contributed by atoms with Crippen LogP contribution in [0.5, 0.6) is 0 Å². The molecule has 94 valence electrons. The molecule has 1 atom stereocenters. The van der Waals surface area contributed by atoms with Gasteiger partial charge < -0.3 is 10.2 Å². The normalized spacial score (nSPS) is 21.1. The van der Waals surface area contributed by atoms with E-state index < -0.39 is 0 Å². The van der Waals surface area contributed by atoms with Gasteiger partial charge in [0.15, 0.2) is 0 Å². The highest BCUT2D eigenvalue weighted by Crippen LogP contribution is 2.10. The van der Waals surface area contributed by atoms with Crippen molar-refractivity contribution in [3.05, 3.63) is 0 Å². The summed E-state index contributed by atoms with van der Waals surface area (Å²) in [5.41, 5.74) is 0. The Hall–Kier alpha value is -0.570. The first-order chi connectivity index (χ1) is 7.63. The Kier molecular flexibility index (Phi) is 5.81. The van der Waals surface area contributed by atoms with Gasteiger partial charge in [0, 0.05) is 25.6 Å². The van der Waals surface area contributed by atoms with E-state index in [4.69, 9.17) is 0 Å². The monoisotopic (exact) mass is 226 g/mol. The molecule has 1 rings (SSSR count). The topological polar surface area (TPSA) is 32.3 Å². The number of rotatable bonds is 5. The summed E-state index contributed by atoms with van der Waals surface area (Å²) in [7, 11) is 0. The summed E-state index contributed by atoms with van der Waals surface area (Å²) >= 11 is 0. The van der Waals surface area contributed by atoms with Crippen molar-refractivity contribution >= 4 is 5.91 Å². The van der Waals surface area contributed by atoms with E-state index in [1.54, 1.807) is 0 Å². The molecule has 0 aliphatic carbocycles. The summed E-state index contributed by atoms with van der Waals surface area (Å²) in [6.07, 6.45) is 4.47. The minimum atomic E-state index is 0.310. The fraction of sp³-hybridized carbons (Fsp3) is 0.923. The highest BCUT2D eigenvalue weighted by Gasteiger charge is 2.19. The Labute approximate surface area is 99.6 Å². The maximum absolute atomic E-state index is 12.0. The van der Waals surface area contributed by atoms with Crippen molar-refractivity contribution in [2.45, 2.75) is 52.5 Å². The second kappa shape index (κ2) is 6.89. The van der Waals surface area contributed by atoms with Crippen molar-refractivity contribution in [2.75, 3.05) is 19.6 Å². The first-order valence-corrected chi connectivity index (χ1v) is 6.64. The number of piperidine rings is 1. The molecule has 16 heavy (non-hydrogen) atoms. The van der Waals surface area contributed by atoms with Crippen molar-refractivity contribution in [3.63, 3.8) is 0 Å². The van der Waals surface area contributed by atoms with Crippen LogP contribution in [0, 0.1) is 5.92 Å². The minimum absolute atomic E-state index is 0.310. The van der Waals surface area contributed by atoms with Gasteiger partial charge in [0.2, 0.25) is 5.91 Å². The molecular weight excluding hydrogens is 200 g/mol. The molecule has 1 N–H and O–H groups in total. The van der Waals surface area contributed by atoms with Gasteiger partial charge in [-0.05, 0) is 32.2 Å². The number of hydrogen-bond acceptors (Lipinski definition) is 2. The Morgan fingerprint density at radius 2 is 2.19 bits per heavy atom. The van der Waals surface area contributed by atoms with E-state index in [0.29, 0.717) is 24.3 Å². The Bertz CT molecular complexity index is 210. The molecule has 0 saturated carbocycles. The third-order valence-electron chi connectivity index (χ3n) is 3.17. The maximum atomic E-state index is 12.0. The van der Waals surface area contributed by atoms with Gasteiger partial charge in [0.05, 0.1) is 0 Å². The Morgan fingerprint density at radius 1 is 1.44 bits per heavy atom. The summed E-state index contributed by atoms with van der Waals surface area (Å²) in [4.78, 5) is 14.0. The maximum Gasteiger partial charge on any atom is 0.222 e. The zero-order valence-corrected chi connectivity index (χ0v) is 11.0. The number of amides is 1. The van der Waals surface area contributed by atoms with Crippen molar-refractivity contribution in [1.29, 1.82) is 0 Å². The van der Waals surface area contributed by atoms with Crippen LogP contribution in [0.25, 0.3) is 0 Å². The lowest BCUT2D eigenvalue weighted by Gasteiger charge is -2.30. The molecule has 3 heteroatoms. The van der Waals surface area contributed by atoms with Crippen LogP contribution in [0.15, 0.2) is 0 Å². The first kappa shape index (κ1) is 13.5. The van der Waals surface area contributed by atoms with E-state index >= 15 is 0 Å². The molecular formula is C13H26N2O. The molecule has 1 unspecified atom stereocenters. The van der Waals surface area contributed by atoms with Crippen molar-refractivity contribution in [3.8, 4) is 0 Å². The van der Waals surface area contributed by atoms with E-state index in [9.17, 15) is 4.79 Å². The summed E-state index contributed by atoms with van der Waals surface area (Å²) in [5.74, 6) is 0.769. The standard InChI is InChI=1S/C13H26N2O/c1-4-15(13(16)9-11(2)3)10-12-7-5-6-8-14-12/h11-12,14H,4-10H2,1-3H3. The summed E-state index contributed by atoms with van der Waals surface area (Å²) in [5, 5.41) is 3.50. The fourth-order valence-electron chi connectivity index (χ4n) is 2.23. The molecule has 1 fully saturated rings. The fourth-order valence-corrected chi connectivity index (χ4v) is 2.23. The lowest BCUT2D eigenvalue weighted by Crippen LogP contribution is -2.45. The van der Waals surface area contributed by atoms with E-state index in [1.165, 1.54) is 19.3 Å². The quantitative estimate of drug-likeness (QED) is 0.778. The van der Waals surface area contributed by atoms with Gasteiger partial charge in [-0.1, -0.05) is 20.3 Å². The molecule has 0 aromatic rings. The van der Waals surface area contributed by atoms with E-state index in [2.05, 4.69) is 26.1 Å². The first-order valence-electron chi connectivity index (χ1n) is 6.64. The van der Waals surface area contributed by atoms with E-state index in [-0.39, 0.29) is 0 Å². The van der Waals surface area contributed by atoms with Crippen molar-refractivity contribution in [1.82, 2.24) is 10.2 Å². The number of likely N-dealkylation sites (N-methyl/N-ethyl adjacent to an activating group) is 1. The molecule has 1 aliphatic heterocycles. The molecule has 0 spiro atoms. The molecule has 1 aliphatic rings. The van der Waals surface area contributed by atoms with Crippen LogP contribution in [-0.2, 0) is 4.79 Å². The third-order valence-corrected chi connectivity index (χ3v) is 3.17. The van der Waals surface area contributed by atoms with Crippen LogP contribution in [0.3, 0.4) is 0 Å². The zero-order valence-electron chi connectivity index (χ0n) is 11.0. The molecule has 0 aromatic carbocycles. The van der Waals surface area contributed by atoms with Gasteiger partial charge >= 0.3 is 0 Å². The van der Waals surface area contributed by atoms with Gasteiger partial charge in [-0.25, -0.2) is 0 Å². The van der Waals surface area contributed by atoms with E-state index in [1.807, 2.05) is 4.90 Å². The van der Waals surface area contributed by atoms with Gasteiger partial charge in [-0.2, -0.15) is 0 Å². The van der Waals surface area contributed by atoms with Crippen LogP contribution in [0.2, 0.25) is 0 Å². The van der Waals surface area contributed by atoms with Crippen LogP contribution in [0.4, 0.5) is 0 Å². The lowest BCUT2D eigenvalue weighted by atomic mass is 10.0. The smallest absolute Gasteiger partial charge is 0.222 e. The Balaban J connectivity index is 2.37. The summed E-state index contributed by atoms with van der Waals surface area (Å²) in [6.45, 7) is 9.11. The van der Waals surface area contributed by atoms with Crippen LogP contribution >= 0.6 is 0 Å². The molecule has 1 amide bonds. The average molecular weight is 226 g/mol. The summed E-state index contributed by atoms with van der Waals surface area (Å²) in [6, 6.07) is 0.518. The van der Waals surface area contributed by atoms with Gasteiger partial charge in [-0.3, -0.25) is 4.79 Å². The minimum Gasteiger partial charge on any atom is -0.341 e. The number of hydrogen-bond donors (Lipinski definition) is 1. The van der Waals surface area contributed by atoms with Crippen LogP contribution in [-0.4, -0.2) is 36.5 Å². The average Bonchev–Trinajstić information content (AvgIpc) is 2.26. The second-order valence-corrected chi connectivity index (χ2v) is 5.18. The van der Waals surface area contributed by atoms with Crippen molar-refractivity contribution in [2.24, 2.45) is 5.92 Å². The van der Waals surface area contributed by atoms with Crippen LogP contribution in [0.1, 0.15) is 46.5 Å². The highest BCUT2D eigenvalue weighted by atomic mass is 16.2.